The second-order valence-electron chi connectivity index (χ2n) is 3.47. The van der Waals surface area contributed by atoms with Crippen molar-refractivity contribution in [1.82, 2.24) is 5.32 Å². The molecule has 15 heavy (non-hydrogen) atoms. The number of amides is 1. The highest BCUT2D eigenvalue weighted by molar-refractivity contribution is 9.09. The summed E-state index contributed by atoms with van der Waals surface area (Å²) in [4.78, 5) is 10.2. The Bertz CT molecular complexity index is 156. The van der Waals surface area contributed by atoms with Gasteiger partial charge in [0.25, 0.3) is 0 Å². The minimum atomic E-state index is -0.960. The van der Waals surface area contributed by atoms with Crippen molar-refractivity contribution in [3.05, 3.63) is 0 Å². The first kappa shape index (κ1) is 17.6. The lowest BCUT2D eigenvalue weighted by Gasteiger charge is -2.08. The number of unbranched alkanes of at least 4 members (excludes halogenated alkanes) is 5. The van der Waals surface area contributed by atoms with Gasteiger partial charge in [-0.25, -0.2) is 4.79 Å². The average Bonchev–Trinajstić information content (AvgIpc) is 2.10. The zero-order valence-corrected chi connectivity index (χ0v) is 12.5. The van der Waals surface area contributed by atoms with Crippen LogP contribution in [0.4, 0.5) is 4.79 Å². The first-order valence-electron chi connectivity index (χ1n) is 5.30. The van der Waals surface area contributed by atoms with Gasteiger partial charge in [0.15, 0.2) is 0 Å². The van der Waals surface area contributed by atoms with Crippen molar-refractivity contribution < 1.29 is 9.90 Å². The third-order valence-corrected chi connectivity index (χ3v) is 2.78. The van der Waals surface area contributed by atoms with Crippen molar-refractivity contribution in [2.75, 3.05) is 0 Å². The molecular weight excluding hydrogens is 326 g/mol. The zero-order chi connectivity index (χ0) is 10.8. The standard InChI is InChI=1S/C10H20BrNO2.BrH/c1-2-3-4-5-6-7-8-9(11)12-10(13)14;/h9,12H,2-8H2,1H3,(H,13,14);1H. The predicted octanol–water partition coefficient (Wildman–Crippen LogP) is 4.30. The molecule has 0 fully saturated rings. The summed E-state index contributed by atoms with van der Waals surface area (Å²) in [6, 6.07) is 0. The maximum Gasteiger partial charge on any atom is 0.405 e. The van der Waals surface area contributed by atoms with Crippen LogP contribution in [0.15, 0.2) is 0 Å². The van der Waals surface area contributed by atoms with Crippen molar-refractivity contribution in [1.29, 1.82) is 0 Å². The lowest BCUT2D eigenvalue weighted by atomic mass is 10.1. The second-order valence-corrected chi connectivity index (χ2v) is 4.58. The molecule has 0 rings (SSSR count). The molecule has 0 radical (unpaired) electrons. The first-order chi connectivity index (χ1) is 6.66. The highest BCUT2D eigenvalue weighted by Gasteiger charge is 2.05. The van der Waals surface area contributed by atoms with Gasteiger partial charge in [0.1, 0.15) is 0 Å². The molecule has 0 aliphatic carbocycles. The zero-order valence-electron chi connectivity index (χ0n) is 9.17. The molecule has 0 aliphatic rings. The van der Waals surface area contributed by atoms with E-state index < -0.39 is 6.09 Å². The van der Waals surface area contributed by atoms with Gasteiger partial charge in [-0.05, 0) is 6.42 Å². The molecule has 0 aromatic carbocycles. The Kier molecular flexibility index (Phi) is 14.4. The van der Waals surface area contributed by atoms with E-state index in [-0.39, 0.29) is 21.9 Å². The smallest absolute Gasteiger partial charge is 0.405 e. The highest BCUT2D eigenvalue weighted by atomic mass is 79.9. The Morgan fingerprint density at radius 3 is 2.33 bits per heavy atom. The number of nitrogens with one attached hydrogen (secondary N) is 1. The van der Waals surface area contributed by atoms with Gasteiger partial charge >= 0.3 is 6.09 Å². The van der Waals surface area contributed by atoms with E-state index in [1.165, 1.54) is 32.1 Å². The SMILES string of the molecule is Br.CCCCCCCCC(Br)NC(=O)O. The molecule has 1 amide bonds. The average molecular weight is 347 g/mol. The van der Waals surface area contributed by atoms with Crippen LogP contribution >= 0.6 is 32.9 Å². The predicted molar refractivity (Wildman–Crippen MR) is 72.2 cm³/mol. The Labute approximate surface area is 111 Å². The molecule has 1 atom stereocenters. The van der Waals surface area contributed by atoms with E-state index in [0.717, 1.165) is 12.8 Å². The van der Waals surface area contributed by atoms with Crippen LogP contribution in [-0.4, -0.2) is 16.2 Å². The second kappa shape index (κ2) is 12.3. The summed E-state index contributed by atoms with van der Waals surface area (Å²) in [6.45, 7) is 2.20. The normalized spacial score (nSPS) is 11.6. The van der Waals surface area contributed by atoms with Crippen LogP contribution in [0.1, 0.15) is 51.9 Å². The summed E-state index contributed by atoms with van der Waals surface area (Å²) in [7, 11) is 0. The van der Waals surface area contributed by atoms with Gasteiger partial charge in [-0.3, -0.25) is 0 Å². The summed E-state index contributed by atoms with van der Waals surface area (Å²) >= 11 is 3.27. The van der Waals surface area contributed by atoms with E-state index in [0.29, 0.717) is 0 Å². The van der Waals surface area contributed by atoms with Crippen LogP contribution < -0.4 is 5.32 Å². The number of rotatable bonds is 8. The van der Waals surface area contributed by atoms with Crippen molar-refractivity contribution in [3.8, 4) is 0 Å². The van der Waals surface area contributed by atoms with Crippen LogP contribution in [-0.2, 0) is 0 Å². The van der Waals surface area contributed by atoms with Crippen molar-refractivity contribution in [3.63, 3.8) is 0 Å². The Morgan fingerprint density at radius 1 is 1.27 bits per heavy atom. The third kappa shape index (κ3) is 14.2. The van der Waals surface area contributed by atoms with E-state index in [1.807, 2.05) is 0 Å². The Hall–Kier alpha value is 0.230. The maximum atomic E-state index is 10.2. The van der Waals surface area contributed by atoms with Gasteiger partial charge in [0, 0.05) is 0 Å². The van der Waals surface area contributed by atoms with E-state index in [9.17, 15) is 4.79 Å². The Morgan fingerprint density at radius 2 is 1.80 bits per heavy atom. The van der Waals surface area contributed by atoms with E-state index in [2.05, 4.69) is 28.2 Å². The summed E-state index contributed by atoms with van der Waals surface area (Å²) < 4.78 is 0. The van der Waals surface area contributed by atoms with Gasteiger partial charge in [-0.1, -0.05) is 61.4 Å². The summed E-state index contributed by atoms with van der Waals surface area (Å²) in [5.41, 5.74) is 0. The quantitative estimate of drug-likeness (QED) is 0.391. The minimum Gasteiger partial charge on any atom is -0.465 e. The lowest BCUT2D eigenvalue weighted by molar-refractivity contribution is 0.193. The fourth-order valence-corrected chi connectivity index (χ4v) is 1.83. The van der Waals surface area contributed by atoms with Crippen LogP contribution in [0.25, 0.3) is 0 Å². The summed E-state index contributed by atoms with van der Waals surface area (Å²) in [5.74, 6) is 0. The van der Waals surface area contributed by atoms with Gasteiger partial charge in [-0.2, -0.15) is 0 Å². The molecule has 3 nitrogen and oxygen atoms in total. The fraction of sp³-hybridized carbons (Fsp3) is 0.900. The molecule has 0 aromatic heterocycles. The number of halogens is 2. The van der Waals surface area contributed by atoms with E-state index >= 15 is 0 Å². The topological polar surface area (TPSA) is 49.3 Å². The lowest BCUT2D eigenvalue weighted by Crippen LogP contribution is -2.28. The molecule has 0 aromatic rings. The monoisotopic (exact) mass is 345 g/mol. The third-order valence-electron chi connectivity index (χ3n) is 2.09. The van der Waals surface area contributed by atoms with Gasteiger partial charge in [0.2, 0.25) is 0 Å². The largest absolute Gasteiger partial charge is 0.465 e. The van der Waals surface area contributed by atoms with Crippen molar-refractivity contribution in [2.24, 2.45) is 0 Å². The van der Waals surface area contributed by atoms with E-state index in [4.69, 9.17) is 5.11 Å². The molecule has 0 spiro atoms. The number of carbonyl (C=O) groups is 1. The van der Waals surface area contributed by atoms with Crippen molar-refractivity contribution >= 4 is 39.0 Å². The molecule has 1 unspecified atom stereocenters. The molecule has 2 N–H and O–H groups in total. The molecule has 92 valence electrons. The van der Waals surface area contributed by atoms with Crippen LogP contribution in [0.3, 0.4) is 0 Å². The maximum absolute atomic E-state index is 10.2. The van der Waals surface area contributed by atoms with E-state index in [1.54, 1.807) is 0 Å². The summed E-state index contributed by atoms with van der Waals surface area (Å²) in [5, 5.41) is 10.8. The molecule has 5 heteroatoms. The number of hydrogen-bond donors (Lipinski definition) is 2. The number of alkyl halides is 1. The van der Waals surface area contributed by atoms with Crippen molar-refractivity contribution in [2.45, 2.75) is 56.8 Å². The molecule has 0 saturated heterocycles. The number of carboxylic acid groups (broad SMARTS) is 1. The van der Waals surface area contributed by atoms with Crippen LogP contribution in [0.2, 0.25) is 0 Å². The fourth-order valence-electron chi connectivity index (χ4n) is 1.31. The first-order valence-corrected chi connectivity index (χ1v) is 6.22. The highest BCUT2D eigenvalue weighted by Crippen LogP contribution is 2.11. The summed E-state index contributed by atoms with van der Waals surface area (Å²) in [6.07, 6.45) is 7.34. The number of hydrogen-bond acceptors (Lipinski definition) is 1. The Balaban J connectivity index is 0. The molecule has 0 heterocycles. The molecule has 0 aliphatic heterocycles. The van der Waals surface area contributed by atoms with Crippen LogP contribution in [0, 0.1) is 0 Å². The van der Waals surface area contributed by atoms with Gasteiger partial charge < -0.3 is 10.4 Å². The van der Waals surface area contributed by atoms with Gasteiger partial charge in [-0.15, -0.1) is 17.0 Å². The molecular formula is C10H21Br2NO2. The van der Waals surface area contributed by atoms with Gasteiger partial charge in [0.05, 0.1) is 4.95 Å². The molecule has 0 bridgehead atoms. The molecule has 0 saturated carbocycles. The van der Waals surface area contributed by atoms with Crippen LogP contribution in [0.5, 0.6) is 0 Å². The minimum absolute atomic E-state index is 0.